The molecule has 0 spiro atoms. The molecule has 0 N–H and O–H groups in total. The Bertz CT molecular complexity index is 845. The van der Waals surface area contributed by atoms with Crippen molar-refractivity contribution in [1.29, 1.82) is 5.26 Å². The predicted octanol–water partition coefficient (Wildman–Crippen LogP) is 6.55. The van der Waals surface area contributed by atoms with Crippen molar-refractivity contribution in [1.82, 2.24) is 9.97 Å². The molecule has 0 bridgehead atoms. The van der Waals surface area contributed by atoms with Gasteiger partial charge in [-0.25, -0.2) is 0 Å². The number of aromatic nitrogens is 2. The topological polar surface area (TPSA) is 61.9 Å². The molecular weight excluding hydrogens is 459 g/mol. The van der Waals surface area contributed by atoms with Crippen LogP contribution in [0.2, 0.25) is 0 Å². The highest BCUT2D eigenvalue weighted by molar-refractivity contribution is 7.97. The molecule has 0 aliphatic carbocycles. The zero-order chi connectivity index (χ0) is 22.1. The molecule has 4 nitrogen and oxygen atoms in total. The summed E-state index contributed by atoms with van der Waals surface area (Å²) in [6.45, 7) is 1.66. The first-order valence-electron chi connectivity index (χ1n) is 8.35. The molecule has 0 aliphatic heterocycles. The number of thioether (sulfide) groups is 1. The molecule has 0 saturated heterocycles. The van der Waals surface area contributed by atoms with Crippen molar-refractivity contribution in [2.45, 2.75) is 52.1 Å². The van der Waals surface area contributed by atoms with Crippen LogP contribution in [-0.2, 0) is 34.0 Å². The van der Waals surface area contributed by atoms with Crippen LogP contribution in [0.5, 0.6) is 0 Å². The lowest BCUT2D eigenvalue weighted by Crippen LogP contribution is -2.09. The Labute approximate surface area is 197 Å². The smallest absolute Gasteiger partial charge is 0.255 e. The molecule has 2 aromatic heterocycles. The summed E-state index contributed by atoms with van der Waals surface area (Å²) >= 11 is 1.64. The third-order valence-corrected chi connectivity index (χ3v) is 5.20. The molecule has 1 atom stereocenters. The van der Waals surface area contributed by atoms with Crippen molar-refractivity contribution in [3.05, 3.63) is 59.2 Å². The van der Waals surface area contributed by atoms with E-state index in [1.165, 1.54) is 24.5 Å². The molecule has 3 radical (unpaired) electrons. The van der Waals surface area contributed by atoms with Crippen LogP contribution in [0.15, 0.2) is 41.0 Å². The van der Waals surface area contributed by atoms with E-state index in [-0.39, 0.29) is 34.7 Å². The quantitative estimate of drug-likeness (QED) is 0.262. The maximum atomic E-state index is 12.8. The van der Waals surface area contributed by atoms with E-state index in [0.717, 1.165) is 30.7 Å². The van der Waals surface area contributed by atoms with E-state index in [0.29, 0.717) is 5.75 Å². The fourth-order valence-corrected chi connectivity index (χ4v) is 3.41. The molecule has 11 heteroatoms. The van der Waals surface area contributed by atoms with Gasteiger partial charge in [-0.1, -0.05) is 37.7 Å². The van der Waals surface area contributed by atoms with Crippen LogP contribution in [0.25, 0.3) is 0 Å². The number of alkyl halides is 4. The van der Waals surface area contributed by atoms with Crippen molar-refractivity contribution >= 4 is 30.9 Å². The van der Waals surface area contributed by atoms with Crippen LogP contribution >= 0.6 is 11.8 Å². The summed E-state index contributed by atoms with van der Waals surface area (Å²) in [4.78, 5) is 7.40. The normalized spacial score (nSPS) is 11.5. The van der Waals surface area contributed by atoms with Crippen LogP contribution in [-0.4, -0.2) is 30.9 Å². The Morgan fingerprint density at radius 2 is 1.41 bits per heavy atom. The predicted molar refractivity (Wildman–Crippen MR) is 129 cm³/mol. The van der Waals surface area contributed by atoms with Crippen LogP contribution in [0.1, 0.15) is 51.2 Å². The van der Waals surface area contributed by atoms with Crippen molar-refractivity contribution in [2.24, 2.45) is 4.36 Å². The Kier molecular flexibility index (Phi) is 17.1. The van der Waals surface area contributed by atoms with Crippen molar-refractivity contribution < 1.29 is 17.6 Å². The fraction of sp³-hybridized carbons (Fsp3) is 0.476. The van der Waals surface area contributed by atoms with Gasteiger partial charge in [0, 0.05) is 46.2 Å². The Balaban J connectivity index is -0.000000488. The zero-order valence-corrected chi connectivity index (χ0v) is 18.7. The van der Waals surface area contributed by atoms with E-state index in [4.69, 9.17) is 5.26 Å². The van der Waals surface area contributed by atoms with Crippen molar-refractivity contribution in [3.63, 3.8) is 0 Å². The van der Waals surface area contributed by atoms with E-state index in [1.54, 1.807) is 30.1 Å². The molecule has 2 heterocycles. The number of halogens is 4. The van der Waals surface area contributed by atoms with Crippen molar-refractivity contribution in [2.75, 3.05) is 12.5 Å². The number of rotatable bonds is 6. The SMILES string of the molecule is C.C.CS(Cc1ccc(C(C)(F)F)nc1)=NC#N.CSCc1ccc(C(C)(F)F)nc1.[B]. The number of hydrogen-bond donors (Lipinski definition) is 0. The molecule has 2 rings (SSSR count). The third-order valence-electron chi connectivity index (χ3n) is 3.43. The molecule has 1 unspecified atom stereocenters. The second-order valence-electron chi connectivity index (χ2n) is 6.25. The lowest BCUT2D eigenvalue weighted by molar-refractivity contribution is 0.0121. The van der Waals surface area contributed by atoms with Crippen LogP contribution in [0, 0.1) is 11.5 Å². The summed E-state index contributed by atoms with van der Waals surface area (Å²) in [5.74, 6) is -4.39. The molecule has 32 heavy (non-hydrogen) atoms. The van der Waals surface area contributed by atoms with Gasteiger partial charge in [0.15, 0.2) is 0 Å². The third kappa shape index (κ3) is 12.8. The van der Waals surface area contributed by atoms with Crippen LogP contribution in [0.4, 0.5) is 17.6 Å². The largest absolute Gasteiger partial charge is 0.286 e. The summed E-state index contributed by atoms with van der Waals surface area (Å²) < 4.78 is 54.8. The molecule has 0 aliphatic rings. The van der Waals surface area contributed by atoms with Gasteiger partial charge in [0.25, 0.3) is 11.8 Å². The summed E-state index contributed by atoms with van der Waals surface area (Å²) in [5, 5.41) is 8.34. The molecule has 2 aromatic rings. The van der Waals surface area contributed by atoms with Gasteiger partial charge in [0.2, 0.25) is 6.19 Å². The van der Waals surface area contributed by atoms with E-state index in [9.17, 15) is 17.6 Å². The number of pyridine rings is 2. The molecule has 0 aromatic carbocycles. The highest BCUT2D eigenvalue weighted by Gasteiger charge is 2.26. The highest BCUT2D eigenvalue weighted by Crippen LogP contribution is 2.25. The first-order valence-corrected chi connectivity index (χ1v) is 11.5. The van der Waals surface area contributed by atoms with Gasteiger partial charge in [-0.2, -0.15) is 38.9 Å². The second kappa shape index (κ2) is 15.8. The number of hydrogen-bond acceptors (Lipinski definition) is 5. The van der Waals surface area contributed by atoms with Gasteiger partial charge in [0.1, 0.15) is 11.4 Å². The lowest BCUT2D eigenvalue weighted by Gasteiger charge is -2.09. The molecule has 0 amide bonds. The van der Waals surface area contributed by atoms with Gasteiger partial charge in [0.05, 0.1) is 0 Å². The van der Waals surface area contributed by atoms with Gasteiger partial charge in [-0.15, -0.1) is 0 Å². The van der Waals surface area contributed by atoms with Crippen LogP contribution < -0.4 is 0 Å². The monoisotopic (exact) mass is 489 g/mol. The van der Waals surface area contributed by atoms with E-state index in [2.05, 4.69) is 14.3 Å². The first-order chi connectivity index (χ1) is 13.5. The second-order valence-corrected chi connectivity index (χ2v) is 8.79. The lowest BCUT2D eigenvalue weighted by atomic mass is 10.2. The highest BCUT2D eigenvalue weighted by atomic mass is 32.2. The van der Waals surface area contributed by atoms with E-state index in [1.807, 2.05) is 12.5 Å². The summed E-state index contributed by atoms with van der Waals surface area (Å²) in [7, 11) is -0.412. The maximum absolute atomic E-state index is 12.8. The average Bonchev–Trinajstić information content (AvgIpc) is 2.62. The number of nitrogens with zero attached hydrogens (tertiary/aromatic N) is 4. The average molecular weight is 489 g/mol. The van der Waals surface area contributed by atoms with Gasteiger partial charge in [-0.05, 0) is 35.8 Å². The molecule has 0 saturated carbocycles. The Hall–Kier alpha value is -1.93. The van der Waals surface area contributed by atoms with Gasteiger partial charge < -0.3 is 0 Å². The minimum atomic E-state index is -2.91. The first kappa shape index (κ1) is 34.7. The van der Waals surface area contributed by atoms with Crippen molar-refractivity contribution in [3.8, 4) is 6.19 Å². The summed E-state index contributed by atoms with van der Waals surface area (Å²) in [6.07, 6.45) is 8.40. The molecular formula is C21H30BF4N4S2. The Morgan fingerprint density at radius 3 is 1.72 bits per heavy atom. The van der Waals surface area contributed by atoms with Crippen LogP contribution in [0.3, 0.4) is 0 Å². The minimum Gasteiger partial charge on any atom is -0.255 e. The van der Waals surface area contributed by atoms with Gasteiger partial charge >= 0.3 is 0 Å². The number of nitriles is 1. The Morgan fingerprint density at radius 1 is 0.969 bits per heavy atom. The van der Waals surface area contributed by atoms with Gasteiger partial charge in [-0.3, -0.25) is 9.97 Å². The molecule has 0 fully saturated rings. The minimum absolute atomic E-state index is 0. The van der Waals surface area contributed by atoms with E-state index < -0.39 is 22.5 Å². The summed E-state index contributed by atoms with van der Waals surface area (Å²) in [6, 6.07) is 5.97. The summed E-state index contributed by atoms with van der Waals surface area (Å²) in [5.41, 5.74) is 1.36. The zero-order valence-electron chi connectivity index (χ0n) is 17.1. The fourth-order valence-electron chi connectivity index (χ4n) is 2.05. The standard InChI is InChI=1S/C10H11F2N3S.C9H11F2NS.2CH4.B/c1-10(11,12)9-4-3-8(5-14-9)6-16(2)15-7-13;1-9(10,11)8-4-3-7(5-12-8)6-13-2;;;/h3-5H,6H2,1-2H3;3-5H,6H2,1-2H3;2*1H4;. The maximum Gasteiger partial charge on any atom is 0.286 e. The molecule has 177 valence electrons. The van der Waals surface area contributed by atoms with E-state index >= 15 is 0 Å².